The van der Waals surface area contributed by atoms with E-state index >= 15 is 0 Å². The highest BCUT2D eigenvalue weighted by atomic mass is 32.2. The molecule has 0 aliphatic carbocycles. The van der Waals surface area contributed by atoms with Crippen molar-refractivity contribution in [3.63, 3.8) is 0 Å². The fourth-order valence-corrected chi connectivity index (χ4v) is 2.21. The molecule has 1 N–H and O–H groups in total. The van der Waals surface area contributed by atoms with Crippen LogP contribution in [0.25, 0.3) is 0 Å². The first-order chi connectivity index (χ1) is 9.28. The highest BCUT2D eigenvalue weighted by Gasteiger charge is 2.21. The van der Waals surface area contributed by atoms with Gasteiger partial charge < -0.3 is 10.1 Å². The van der Waals surface area contributed by atoms with Crippen LogP contribution in [-0.2, 0) is 15.3 Å². The fourth-order valence-electron chi connectivity index (χ4n) is 1.40. The number of amides is 1. The van der Waals surface area contributed by atoms with Crippen LogP contribution in [0.5, 0.6) is 0 Å². The first-order valence-electron chi connectivity index (χ1n) is 6.48. The Hall–Kier alpha value is -1.49. The Labute approximate surface area is 124 Å². The fraction of sp³-hybridized carbons (Fsp3) is 0.467. The molecule has 0 saturated carbocycles. The second kappa shape index (κ2) is 7.33. The summed E-state index contributed by atoms with van der Waals surface area (Å²) in [5.74, 6) is 0.597. The van der Waals surface area contributed by atoms with Gasteiger partial charge >= 0.3 is 6.09 Å². The SMILES string of the molecule is CC(NC(=O)OC(C)(C)C)C(=O)SCc1ccccc1. The van der Waals surface area contributed by atoms with Crippen LogP contribution in [-0.4, -0.2) is 22.9 Å². The van der Waals surface area contributed by atoms with Gasteiger partial charge in [0.25, 0.3) is 0 Å². The van der Waals surface area contributed by atoms with Crippen LogP contribution in [0.2, 0.25) is 0 Å². The van der Waals surface area contributed by atoms with Crippen LogP contribution >= 0.6 is 11.8 Å². The number of nitrogens with one attached hydrogen (secondary N) is 1. The van der Waals surface area contributed by atoms with Crippen molar-refractivity contribution in [1.29, 1.82) is 0 Å². The van der Waals surface area contributed by atoms with Gasteiger partial charge in [0.2, 0.25) is 5.12 Å². The molecule has 4 nitrogen and oxygen atoms in total. The molecule has 0 radical (unpaired) electrons. The monoisotopic (exact) mass is 295 g/mol. The molecule has 0 aromatic heterocycles. The summed E-state index contributed by atoms with van der Waals surface area (Å²) in [6.07, 6.45) is -0.571. The molecule has 1 amide bonds. The number of carbonyl (C=O) groups is 2. The van der Waals surface area contributed by atoms with E-state index in [1.54, 1.807) is 27.7 Å². The summed E-state index contributed by atoms with van der Waals surface area (Å²) in [7, 11) is 0. The Morgan fingerprint density at radius 3 is 2.40 bits per heavy atom. The van der Waals surface area contributed by atoms with Crippen molar-refractivity contribution in [1.82, 2.24) is 5.32 Å². The Morgan fingerprint density at radius 1 is 1.25 bits per heavy atom. The van der Waals surface area contributed by atoms with Crippen LogP contribution in [0.4, 0.5) is 4.79 Å². The van der Waals surface area contributed by atoms with Gasteiger partial charge in [-0.3, -0.25) is 4.79 Å². The number of benzene rings is 1. The van der Waals surface area contributed by atoms with E-state index in [2.05, 4.69) is 5.32 Å². The standard InChI is InChI=1S/C15H21NO3S/c1-11(16-14(18)19-15(2,3)4)13(17)20-10-12-8-6-5-7-9-12/h5-9,11H,10H2,1-4H3,(H,16,18). The predicted molar refractivity (Wildman–Crippen MR) is 81.6 cm³/mol. The lowest BCUT2D eigenvalue weighted by Crippen LogP contribution is -2.40. The molecule has 1 unspecified atom stereocenters. The molecule has 0 aliphatic heterocycles. The summed E-state index contributed by atoms with van der Waals surface area (Å²) >= 11 is 1.19. The summed E-state index contributed by atoms with van der Waals surface area (Å²) in [4.78, 5) is 23.5. The van der Waals surface area contributed by atoms with Gasteiger partial charge in [-0.1, -0.05) is 42.1 Å². The van der Waals surface area contributed by atoms with Crippen LogP contribution in [0, 0.1) is 0 Å². The minimum atomic E-state index is -0.571. The molecule has 0 spiro atoms. The summed E-state index contributed by atoms with van der Waals surface area (Å²) in [5.41, 5.74) is 0.514. The Morgan fingerprint density at radius 2 is 1.85 bits per heavy atom. The van der Waals surface area contributed by atoms with E-state index in [0.29, 0.717) is 5.75 Å². The molecule has 110 valence electrons. The molecular formula is C15H21NO3S. The highest BCUT2D eigenvalue weighted by Crippen LogP contribution is 2.15. The smallest absolute Gasteiger partial charge is 0.408 e. The second-order valence-corrected chi connectivity index (χ2v) is 6.44. The average Bonchev–Trinajstić information content (AvgIpc) is 2.34. The van der Waals surface area contributed by atoms with Crippen LogP contribution in [0.1, 0.15) is 33.3 Å². The van der Waals surface area contributed by atoms with Crippen molar-refractivity contribution in [3.05, 3.63) is 35.9 Å². The first kappa shape index (κ1) is 16.6. The van der Waals surface area contributed by atoms with Crippen molar-refractivity contribution in [2.75, 3.05) is 0 Å². The molecule has 5 heteroatoms. The predicted octanol–water partition coefficient (Wildman–Crippen LogP) is 3.36. The van der Waals surface area contributed by atoms with Crippen molar-refractivity contribution >= 4 is 23.0 Å². The number of alkyl carbamates (subject to hydrolysis) is 1. The molecule has 0 bridgehead atoms. The van der Waals surface area contributed by atoms with E-state index in [0.717, 1.165) is 5.56 Å². The first-order valence-corrected chi connectivity index (χ1v) is 7.46. The topological polar surface area (TPSA) is 55.4 Å². The molecule has 0 fully saturated rings. The van der Waals surface area contributed by atoms with E-state index in [1.165, 1.54) is 11.8 Å². The normalized spacial score (nSPS) is 12.6. The third kappa shape index (κ3) is 6.61. The van der Waals surface area contributed by atoms with E-state index in [9.17, 15) is 9.59 Å². The van der Waals surface area contributed by atoms with Crippen LogP contribution < -0.4 is 5.32 Å². The van der Waals surface area contributed by atoms with Gasteiger partial charge in [-0.05, 0) is 33.3 Å². The van der Waals surface area contributed by atoms with Crippen molar-refractivity contribution in [2.24, 2.45) is 0 Å². The highest BCUT2D eigenvalue weighted by molar-refractivity contribution is 8.13. The third-order valence-electron chi connectivity index (χ3n) is 2.31. The summed E-state index contributed by atoms with van der Waals surface area (Å²) in [6.45, 7) is 7.00. The van der Waals surface area contributed by atoms with E-state index in [4.69, 9.17) is 4.74 Å². The Bertz CT molecular complexity index is 454. The number of carbonyl (C=O) groups excluding carboxylic acids is 2. The number of hydrogen-bond donors (Lipinski definition) is 1. The van der Waals surface area contributed by atoms with Gasteiger partial charge in [-0.25, -0.2) is 4.79 Å². The van der Waals surface area contributed by atoms with Gasteiger partial charge in [0, 0.05) is 5.75 Å². The van der Waals surface area contributed by atoms with Crippen LogP contribution in [0.3, 0.4) is 0 Å². The van der Waals surface area contributed by atoms with Gasteiger partial charge in [0.1, 0.15) is 5.60 Å². The largest absolute Gasteiger partial charge is 0.444 e. The van der Waals surface area contributed by atoms with Gasteiger partial charge in [-0.15, -0.1) is 0 Å². The Kier molecular flexibility index (Phi) is 6.07. The van der Waals surface area contributed by atoms with Crippen molar-refractivity contribution in [2.45, 2.75) is 45.1 Å². The van der Waals surface area contributed by atoms with E-state index in [1.807, 2.05) is 30.3 Å². The maximum atomic E-state index is 11.9. The van der Waals surface area contributed by atoms with Crippen LogP contribution in [0.15, 0.2) is 30.3 Å². The average molecular weight is 295 g/mol. The molecule has 0 aliphatic rings. The number of hydrogen-bond acceptors (Lipinski definition) is 4. The van der Waals surface area contributed by atoms with E-state index < -0.39 is 17.7 Å². The summed E-state index contributed by atoms with van der Waals surface area (Å²) in [5, 5.41) is 2.46. The summed E-state index contributed by atoms with van der Waals surface area (Å²) in [6, 6.07) is 9.16. The summed E-state index contributed by atoms with van der Waals surface area (Å²) < 4.78 is 5.11. The maximum Gasteiger partial charge on any atom is 0.408 e. The zero-order valence-corrected chi connectivity index (χ0v) is 13.1. The lowest BCUT2D eigenvalue weighted by Gasteiger charge is -2.21. The number of ether oxygens (including phenoxy) is 1. The number of thioether (sulfide) groups is 1. The zero-order chi connectivity index (χ0) is 15.2. The van der Waals surface area contributed by atoms with Crippen molar-refractivity contribution < 1.29 is 14.3 Å². The molecule has 1 aromatic carbocycles. The third-order valence-corrected chi connectivity index (χ3v) is 3.43. The van der Waals surface area contributed by atoms with Crippen molar-refractivity contribution in [3.8, 4) is 0 Å². The molecular weight excluding hydrogens is 274 g/mol. The molecule has 0 saturated heterocycles. The lowest BCUT2D eigenvalue weighted by atomic mass is 10.2. The molecule has 1 aromatic rings. The molecule has 20 heavy (non-hydrogen) atoms. The molecule has 0 heterocycles. The van der Waals surface area contributed by atoms with Gasteiger partial charge in [0.05, 0.1) is 6.04 Å². The minimum Gasteiger partial charge on any atom is -0.444 e. The van der Waals surface area contributed by atoms with Gasteiger partial charge in [-0.2, -0.15) is 0 Å². The number of rotatable bonds is 4. The lowest BCUT2D eigenvalue weighted by molar-refractivity contribution is -0.112. The van der Waals surface area contributed by atoms with Gasteiger partial charge in [0.15, 0.2) is 0 Å². The maximum absolute atomic E-state index is 11.9. The quantitative estimate of drug-likeness (QED) is 0.925. The van der Waals surface area contributed by atoms with E-state index in [-0.39, 0.29) is 5.12 Å². The molecule has 1 atom stereocenters. The zero-order valence-electron chi connectivity index (χ0n) is 12.3. The Balaban J connectivity index is 2.38. The molecule has 1 rings (SSSR count). The second-order valence-electron chi connectivity index (χ2n) is 5.46. The minimum absolute atomic E-state index is 0.0836.